The summed E-state index contributed by atoms with van der Waals surface area (Å²) in [5, 5.41) is 13.7. The van der Waals surface area contributed by atoms with Crippen LogP contribution in [-0.2, 0) is 20.0 Å². The Morgan fingerprint density at radius 1 is 0.610 bits per heavy atom. The second-order valence-electron chi connectivity index (χ2n) is 13.2. The van der Waals surface area contributed by atoms with Gasteiger partial charge in [-0.1, -0.05) is 65.8 Å². The lowest BCUT2D eigenvalue weighted by molar-refractivity contribution is 0.392. The van der Waals surface area contributed by atoms with Crippen LogP contribution in [0.3, 0.4) is 0 Å². The Hall–Kier alpha value is -3.46. The molecule has 0 aliphatic carbocycles. The van der Waals surface area contributed by atoms with Gasteiger partial charge in [-0.25, -0.2) is 0 Å². The third kappa shape index (κ3) is 3.50. The maximum Gasteiger partial charge on any atom is 0.186 e. The van der Waals surface area contributed by atoms with Crippen molar-refractivity contribution in [1.29, 1.82) is 0 Å². The number of ether oxygens (including phenoxy) is 3. The van der Waals surface area contributed by atoms with E-state index in [-0.39, 0.29) is 44.4 Å². The van der Waals surface area contributed by atoms with Crippen LogP contribution < -0.4 is 40.7 Å². The Labute approximate surface area is 240 Å². The van der Waals surface area contributed by atoms with Crippen molar-refractivity contribution < 1.29 is 28.4 Å². The summed E-state index contributed by atoms with van der Waals surface area (Å²) in [6.45, 7) is 14.2. The lowest BCUT2D eigenvalue weighted by atomic mass is 9.87. The van der Waals surface area contributed by atoms with Gasteiger partial charge in [0.15, 0.2) is 37.3 Å². The first-order valence-corrected chi connectivity index (χ1v) is 17.5. The summed E-state index contributed by atoms with van der Waals surface area (Å²) >= 11 is 0. The van der Waals surface area contributed by atoms with Crippen LogP contribution in [0.25, 0.3) is 0 Å². The normalized spacial score (nSPS) is 21.6. The first-order valence-electron chi connectivity index (χ1n) is 13.7. The van der Waals surface area contributed by atoms with E-state index in [1.807, 2.05) is 36.4 Å². The second-order valence-corrected chi connectivity index (χ2v) is 18.6. The van der Waals surface area contributed by atoms with Gasteiger partial charge in [-0.05, 0) is 65.0 Å². The van der Waals surface area contributed by atoms with Gasteiger partial charge in [0.05, 0.1) is 15.9 Å². The van der Waals surface area contributed by atoms with Crippen molar-refractivity contribution >= 4 is 40.8 Å². The first-order chi connectivity index (χ1) is 19.1. The Bertz CT molecular complexity index is 1900. The number of benzene rings is 4. The molecule has 2 unspecified atom stereocenters. The van der Waals surface area contributed by atoms with E-state index >= 15 is 4.57 Å². The third-order valence-electron chi connectivity index (χ3n) is 8.32. The predicted molar refractivity (Wildman–Crippen MR) is 164 cm³/mol. The van der Waals surface area contributed by atoms with Crippen molar-refractivity contribution in [3.8, 4) is 40.2 Å². The van der Waals surface area contributed by atoms with Crippen LogP contribution in [0.4, 0.5) is 0 Å². The fourth-order valence-corrected chi connectivity index (χ4v) is 11.3. The summed E-state index contributed by atoms with van der Waals surface area (Å²) in [4.78, 5) is 0. The van der Waals surface area contributed by atoms with Crippen LogP contribution >= 0.6 is 14.3 Å². The van der Waals surface area contributed by atoms with E-state index in [1.54, 1.807) is 30.9 Å². The van der Waals surface area contributed by atoms with Crippen molar-refractivity contribution in [2.75, 3.05) is 6.66 Å². The molecule has 7 rings (SSSR count). The number of hydrogen-bond acceptors (Lipinski definition) is 6. The molecule has 0 bridgehead atoms. The maximum atomic E-state index is 15.9. The van der Waals surface area contributed by atoms with E-state index in [4.69, 9.17) is 14.2 Å². The molecule has 4 aromatic rings. The van der Waals surface area contributed by atoms with Crippen molar-refractivity contribution in [3.05, 3.63) is 71.8 Å². The molecule has 1 N–H and O–H groups in total. The van der Waals surface area contributed by atoms with Gasteiger partial charge in [-0.3, -0.25) is 0 Å². The Kier molecular flexibility index (Phi) is 5.22. The Morgan fingerprint density at radius 2 is 1.07 bits per heavy atom. The van der Waals surface area contributed by atoms with Gasteiger partial charge in [0.2, 0.25) is 0 Å². The minimum absolute atomic E-state index is 0.00922. The number of phenolic OH excluding ortho intramolecular Hbond substituents is 1. The SMILES string of the molecule is CC(C)(C)c1ccc2c(c1)P1(=O)c3cc(C(C)(C)C)ccc3Oc3c4c(c(O)c(c31)O2)P(C)(=O)c1ccccc1O4. The number of fused-ring (bicyclic) bond motifs is 7. The molecule has 3 aliphatic rings. The number of hydrogen-bond donors (Lipinski definition) is 1. The molecule has 0 radical (unpaired) electrons. The third-order valence-corrected chi connectivity index (χ3v) is 14.0. The maximum absolute atomic E-state index is 15.9. The molecule has 0 spiro atoms. The minimum Gasteiger partial charge on any atom is -0.504 e. The van der Waals surface area contributed by atoms with Crippen molar-refractivity contribution in [2.45, 2.75) is 52.4 Å². The molecule has 210 valence electrons. The summed E-state index contributed by atoms with van der Waals surface area (Å²) < 4.78 is 49.6. The predicted octanol–water partition coefficient (Wildman–Crippen LogP) is 6.89. The number of rotatable bonds is 0. The zero-order chi connectivity index (χ0) is 29.3. The van der Waals surface area contributed by atoms with E-state index in [1.165, 1.54) is 0 Å². The molecule has 0 amide bonds. The molecular formula is C33H32O6P2. The molecular weight excluding hydrogens is 554 g/mol. The summed E-state index contributed by atoms with van der Waals surface area (Å²) in [5.41, 5.74) is 1.59. The van der Waals surface area contributed by atoms with Crippen LogP contribution in [0.15, 0.2) is 60.7 Å². The summed E-state index contributed by atoms with van der Waals surface area (Å²) in [6.07, 6.45) is 0. The van der Waals surface area contributed by atoms with Gasteiger partial charge in [-0.2, -0.15) is 0 Å². The van der Waals surface area contributed by atoms with Crippen LogP contribution in [0, 0.1) is 0 Å². The van der Waals surface area contributed by atoms with Crippen molar-refractivity contribution in [1.82, 2.24) is 0 Å². The molecule has 3 aliphatic heterocycles. The summed E-state index contributed by atoms with van der Waals surface area (Å²) in [6, 6.07) is 18.6. The average molecular weight is 587 g/mol. The highest BCUT2D eigenvalue weighted by Crippen LogP contribution is 2.65. The zero-order valence-corrected chi connectivity index (χ0v) is 25.9. The fraction of sp³-hybridized carbons (Fsp3) is 0.273. The van der Waals surface area contributed by atoms with Crippen molar-refractivity contribution in [3.63, 3.8) is 0 Å². The zero-order valence-electron chi connectivity index (χ0n) is 24.2. The standard InChI is InChI=1S/C33H32O6P2/c1-32(2,3)18-12-14-21-24(16-18)41(36)25-17-19(33(4,5)6)13-15-22(25)39-29-28-30(26(34)27(37-21)31(29)41)40(7,35)23-11-9-8-10-20(23)38-28/h8-17,34H,1-7H3. The van der Waals surface area contributed by atoms with E-state index in [0.29, 0.717) is 33.2 Å². The number of aromatic hydroxyl groups is 1. The highest BCUT2D eigenvalue weighted by Gasteiger charge is 2.53. The highest BCUT2D eigenvalue weighted by molar-refractivity contribution is 7.86. The molecule has 0 aromatic heterocycles. The van der Waals surface area contributed by atoms with Crippen molar-refractivity contribution in [2.24, 2.45) is 0 Å². The lowest BCUT2D eigenvalue weighted by Crippen LogP contribution is -2.38. The second kappa shape index (κ2) is 8.09. The Morgan fingerprint density at radius 3 is 1.61 bits per heavy atom. The molecule has 8 heteroatoms. The molecule has 3 heterocycles. The average Bonchev–Trinajstić information content (AvgIpc) is 2.89. The number of phenols is 1. The van der Waals surface area contributed by atoms with Crippen LogP contribution in [0.1, 0.15) is 52.7 Å². The molecule has 6 nitrogen and oxygen atoms in total. The van der Waals surface area contributed by atoms with Gasteiger partial charge in [-0.15, -0.1) is 0 Å². The van der Waals surface area contributed by atoms with Gasteiger partial charge < -0.3 is 28.4 Å². The van der Waals surface area contributed by atoms with E-state index in [2.05, 4.69) is 41.5 Å². The molecule has 0 saturated heterocycles. The van der Waals surface area contributed by atoms with E-state index < -0.39 is 14.3 Å². The van der Waals surface area contributed by atoms with Gasteiger partial charge in [0, 0.05) is 0 Å². The molecule has 4 aromatic carbocycles. The minimum atomic E-state index is -3.69. The first kappa shape index (κ1) is 26.4. The molecule has 41 heavy (non-hydrogen) atoms. The largest absolute Gasteiger partial charge is 0.504 e. The van der Waals surface area contributed by atoms with E-state index in [0.717, 1.165) is 11.1 Å². The fourth-order valence-electron chi connectivity index (χ4n) is 5.96. The topological polar surface area (TPSA) is 82.1 Å². The van der Waals surface area contributed by atoms with Crippen LogP contribution in [-0.4, -0.2) is 11.8 Å². The smallest absolute Gasteiger partial charge is 0.186 e. The van der Waals surface area contributed by atoms with Crippen LogP contribution in [0.2, 0.25) is 0 Å². The molecule has 2 atom stereocenters. The summed E-state index contributed by atoms with van der Waals surface area (Å²) in [7, 11) is -7.05. The summed E-state index contributed by atoms with van der Waals surface area (Å²) in [5.74, 6) is 1.23. The quantitative estimate of drug-likeness (QED) is 0.195. The van der Waals surface area contributed by atoms with Gasteiger partial charge in [0.1, 0.15) is 27.9 Å². The van der Waals surface area contributed by atoms with Gasteiger partial charge >= 0.3 is 0 Å². The molecule has 0 saturated carbocycles. The lowest BCUT2D eigenvalue weighted by Gasteiger charge is -2.39. The Balaban J connectivity index is 1.62. The highest BCUT2D eigenvalue weighted by atomic mass is 31.2. The monoisotopic (exact) mass is 586 g/mol. The number of para-hydroxylation sites is 1. The molecule has 0 fully saturated rings. The van der Waals surface area contributed by atoms with E-state index in [9.17, 15) is 9.67 Å². The van der Waals surface area contributed by atoms with Crippen LogP contribution in [0.5, 0.6) is 40.2 Å². The van der Waals surface area contributed by atoms with Gasteiger partial charge in [0.25, 0.3) is 0 Å².